The number of hydrogen-bond acceptors (Lipinski definition) is 3. The van der Waals surface area contributed by atoms with Crippen LogP contribution < -0.4 is 0 Å². The number of rotatable bonds is 22. The molecule has 0 radical (unpaired) electrons. The lowest BCUT2D eigenvalue weighted by atomic mass is 9.95. The van der Waals surface area contributed by atoms with Crippen LogP contribution in [-0.2, 0) is 13.6 Å². The zero-order chi connectivity index (χ0) is 21.8. The van der Waals surface area contributed by atoms with Crippen molar-refractivity contribution in [3.63, 3.8) is 0 Å². The Morgan fingerprint density at radius 2 is 1.10 bits per heavy atom. The SMILES string of the molecule is CCCCCCCCC(CCCCCC)COP(=O)(O)OC(C)CCCCCC. The van der Waals surface area contributed by atoms with Crippen LogP contribution in [0.5, 0.6) is 0 Å². The maximum Gasteiger partial charge on any atom is 0.472 e. The molecule has 1 N–H and O–H groups in total. The minimum Gasteiger partial charge on any atom is -0.302 e. The fourth-order valence-electron chi connectivity index (χ4n) is 3.75. The summed E-state index contributed by atoms with van der Waals surface area (Å²) in [5.41, 5.74) is 0. The first-order chi connectivity index (χ1) is 13.9. The van der Waals surface area contributed by atoms with Crippen LogP contribution in [0.25, 0.3) is 0 Å². The van der Waals surface area contributed by atoms with Gasteiger partial charge in [-0.1, -0.05) is 111 Å². The Balaban J connectivity index is 4.26. The summed E-state index contributed by atoms with van der Waals surface area (Å²) in [5, 5.41) is 0. The monoisotopic (exact) mass is 434 g/mol. The highest BCUT2D eigenvalue weighted by molar-refractivity contribution is 7.47. The van der Waals surface area contributed by atoms with Crippen LogP contribution in [0.4, 0.5) is 0 Å². The van der Waals surface area contributed by atoms with Gasteiger partial charge in [0.1, 0.15) is 0 Å². The highest BCUT2D eigenvalue weighted by atomic mass is 31.2. The Labute approximate surface area is 182 Å². The van der Waals surface area contributed by atoms with E-state index in [1.54, 1.807) is 0 Å². The summed E-state index contributed by atoms with van der Waals surface area (Å²) < 4.78 is 23.2. The first-order valence-electron chi connectivity index (χ1n) is 12.6. The lowest BCUT2D eigenvalue weighted by Crippen LogP contribution is -2.13. The van der Waals surface area contributed by atoms with Gasteiger partial charge in [-0.3, -0.25) is 9.05 Å². The molecule has 0 aromatic rings. The molecule has 0 saturated carbocycles. The maximum absolute atomic E-state index is 12.4. The third-order valence-corrected chi connectivity index (χ3v) is 6.78. The molecule has 0 heterocycles. The predicted octanol–water partition coefficient (Wildman–Crippen LogP) is 8.82. The number of phosphoric acid groups is 1. The number of hydrogen-bond donors (Lipinski definition) is 1. The molecule has 3 unspecified atom stereocenters. The van der Waals surface area contributed by atoms with Crippen molar-refractivity contribution in [1.82, 2.24) is 0 Å². The normalized spacial score (nSPS) is 15.9. The van der Waals surface area contributed by atoms with E-state index in [9.17, 15) is 9.46 Å². The van der Waals surface area contributed by atoms with Gasteiger partial charge in [-0.05, 0) is 32.1 Å². The Bertz CT molecular complexity index is 389. The topological polar surface area (TPSA) is 55.8 Å². The average Bonchev–Trinajstić information content (AvgIpc) is 2.68. The van der Waals surface area contributed by atoms with Crippen LogP contribution in [0.3, 0.4) is 0 Å². The van der Waals surface area contributed by atoms with E-state index in [4.69, 9.17) is 9.05 Å². The van der Waals surface area contributed by atoms with Gasteiger partial charge in [0.15, 0.2) is 0 Å². The van der Waals surface area contributed by atoms with Gasteiger partial charge >= 0.3 is 7.82 Å². The van der Waals surface area contributed by atoms with Crippen molar-refractivity contribution in [2.24, 2.45) is 5.92 Å². The molecular formula is C24H51O4P. The molecule has 4 nitrogen and oxygen atoms in total. The second kappa shape index (κ2) is 20.0. The van der Waals surface area contributed by atoms with Crippen molar-refractivity contribution in [1.29, 1.82) is 0 Å². The van der Waals surface area contributed by atoms with Crippen LogP contribution in [-0.4, -0.2) is 17.6 Å². The second-order valence-corrected chi connectivity index (χ2v) is 10.2. The molecule has 0 aromatic carbocycles. The quantitative estimate of drug-likeness (QED) is 0.137. The Hall–Kier alpha value is 0.110. The van der Waals surface area contributed by atoms with Gasteiger partial charge in [0.2, 0.25) is 0 Å². The molecule has 0 aliphatic rings. The molecule has 0 aliphatic heterocycles. The Kier molecular flexibility index (Phi) is 20.1. The van der Waals surface area contributed by atoms with Gasteiger partial charge in [0.25, 0.3) is 0 Å². The number of phosphoric ester groups is 1. The van der Waals surface area contributed by atoms with E-state index < -0.39 is 7.82 Å². The summed E-state index contributed by atoms with van der Waals surface area (Å²) in [5.74, 6) is 0.363. The summed E-state index contributed by atoms with van der Waals surface area (Å²) in [6.07, 6.45) is 19.9. The smallest absolute Gasteiger partial charge is 0.302 e. The molecule has 0 aromatic heterocycles. The van der Waals surface area contributed by atoms with Crippen molar-refractivity contribution in [3.05, 3.63) is 0 Å². The molecule has 0 bridgehead atoms. The second-order valence-electron chi connectivity index (χ2n) is 8.80. The summed E-state index contributed by atoms with van der Waals surface area (Å²) in [7, 11) is -3.96. The molecular weight excluding hydrogens is 383 g/mol. The minimum absolute atomic E-state index is 0.232. The maximum atomic E-state index is 12.4. The van der Waals surface area contributed by atoms with E-state index in [-0.39, 0.29) is 6.10 Å². The van der Waals surface area contributed by atoms with E-state index in [2.05, 4.69) is 20.8 Å². The van der Waals surface area contributed by atoms with Gasteiger partial charge < -0.3 is 4.89 Å². The molecule has 5 heteroatoms. The molecule has 0 spiro atoms. The lowest BCUT2D eigenvalue weighted by Gasteiger charge is -2.21. The lowest BCUT2D eigenvalue weighted by molar-refractivity contribution is 0.0920. The zero-order valence-corrected chi connectivity index (χ0v) is 20.9. The standard InChI is InChI=1S/C24H51O4P/c1-5-8-11-14-15-18-21-24(20-17-13-10-7-3)22-27-29(25,26)28-23(4)19-16-12-9-6-2/h23-24H,5-22H2,1-4H3,(H,25,26). The van der Waals surface area contributed by atoms with Crippen LogP contribution >= 0.6 is 7.82 Å². The molecule has 0 rings (SSSR count). The van der Waals surface area contributed by atoms with Gasteiger partial charge in [-0.2, -0.15) is 0 Å². The predicted molar refractivity (Wildman–Crippen MR) is 125 cm³/mol. The first kappa shape index (κ1) is 29.1. The minimum atomic E-state index is -3.96. The van der Waals surface area contributed by atoms with E-state index in [0.29, 0.717) is 12.5 Å². The summed E-state index contributed by atoms with van der Waals surface area (Å²) in [6.45, 7) is 8.86. The largest absolute Gasteiger partial charge is 0.472 e. The summed E-state index contributed by atoms with van der Waals surface area (Å²) in [4.78, 5) is 10.1. The third kappa shape index (κ3) is 19.8. The fourth-order valence-corrected chi connectivity index (χ4v) is 4.77. The molecule has 176 valence electrons. The molecule has 0 aliphatic carbocycles. The van der Waals surface area contributed by atoms with E-state index >= 15 is 0 Å². The summed E-state index contributed by atoms with van der Waals surface area (Å²) in [6, 6.07) is 0. The van der Waals surface area contributed by atoms with Crippen LogP contribution in [0, 0.1) is 5.92 Å². The third-order valence-electron chi connectivity index (χ3n) is 5.68. The Morgan fingerprint density at radius 3 is 1.62 bits per heavy atom. The van der Waals surface area contributed by atoms with E-state index in [1.165, 1.54) is 77.0 Å². The van der Waals surface area contributed by atoms with E-state index in [0.717, 1.165) is 32.1 Å². The Morgan fingerprint density at radius 1 is 0.690 bits per heavy atom. The summed E-state index contributed by atoms with van der Waals surface area (Å²) >= 11 is 0. The van der Waals surface area contributed by atoms with Crippen molar-refractivity contribution >= 4 is 7.82 Å². The van der Waals surface area contributed by atoms with Crippen molar-refractivity contribution < 1.29 is 18.5 Å². The highest BCUT2D eigenvalue weighted by Crippen LogP contribution is 2.46. The van der Waals surface area contributed by atoms with Crippen molar-refractivity contribution in [2.45, 2.75) is 143 Å². The highest BCUT2D eigenvalue weighted by Gasteiger charge is 2.26. The van der Waals surface area contributed by atoms with Gasteiger partial charge in [-0.15, -0.1) is 0 Å². The molecule has 0 fully saturated rings. The molecule has 0 amide bonds. The molecule has 0 saturated heterocycles. The van der Waals surface area contributed by atoms with Gasteiger partial charge in [0, 0.05) is 0 Å². The number of unbranched alkanes of at least 4 members (excludes halogenated alkanes) is 11. The molecule has 29 heavy (non-hydrogen) atoms. The van der Waals surface area contributed by atoms with Crippen LogP contribution in [0.15, 0.2) is 0 Å². The van der Waals surface area contributed by atoms with Crippen LogP contribution in [0.1, 0.15) is 137 Å². The van der Waals surface area contributed by atoms with E-state index in [1.807, 2.05) is 6.92 Å². The average molecular weight is 435 g/mol. The van der Waals surface area contributed by atoms with Gasteiger partial charge in [0.05, 0.1) is 12.7 Å². The van der Waals surface area contributed by atoms with Crippen LogP contribution in [0.2, 0.25) is 0 Å². The van der Waals surface area contributed by atoms with Gasteiger partial charge in [-0.25, -0.2) is 4.57 Å². The molecule has 3 atom stereocenters. The van der Waals surface area contributed by atoms with Crippen molar-refractivity contribution in [2.75, 3.05) is 6.61 Å². The first-order valence-corrected chi connectivity index (χ1v) is 14.1. The fraction of sp³-hybridized carbons (Fsp3) is 1.00. The van der Waals surface area contributed by atoms with Crippen molar-refractivity contribution in [3.8, 4) is 0 Å². The zero-order valence-electron chi connectivity index (χ0n) is 20.0.